The number of hydrogen-bond acceptors (Lipinski definition) is 2. The fourth-order valence-electron chi connectivity index (χ4n) is 1.65. The molecule has 0 bridgehead atoms. The summed E-state index contributed by atoms with van der Waals surface area (Å²) in [5, 5.41) is 2.78. The number of rotatable bonds is 0. The number of nitrogens with zero attached hydrogens (tertiary/aromatic N) is 2. The zero-order valence-electron chi connectivity index (χ0n) is 5.91. The Hall–Kier alpha value is -1.22. The third kappa shape index (κ3) is 0.562. The van der Waals surface area contributed by atoms with Crippen molar-refractivity contribution in [3.05, 3.63) is 34.8 Å². The maximum absolute atomic E-state index is 4.31. The standard InChI is InChI=1S/C8H6N2Si/c1-3-10-8-5(1)7-6(11-8)2-4-9-7/h1-4H,11H2. The summed E-state index contributed by atoms with van der Waals surface area (Å²) in [5.74, 6) is 0. The second-order valence-electron chi connectivity index (χ2n) is 2.80. The van der Waals surface area contributed by atoms with Gasteiger partial charge in [0.25, 0.3) is 0 Å². The first-order valence-electron chi connectivity index (χ1n) is 3.66. The molecule has 0 aromatic carbocycles. The second kappa shape index (κ2) is 1.68. The molecule has 0 radical (unpaired) electrons. The maximum Gasteiger partial charge on any atom is 0.115 e. The van der Waals surface area contributed by atoms with Gasteiger partial charge in [0.05, 0.1) is 5.70 Å². The first-order valence-corrected chi connectivity index (χ1v) is 5.08. The summed E-state index contributed by atoms with van der Waals surface area (Å²) in [6, 6.07) is 0. The Morgan fingerprint density at radius 2 is 2.36 bits per heavy atom. The van der Waals surface area contributed by atoms with Crippen molar-refractivity contribution in [1.82, 2.24) is 0 Å². The van der Waals surface area contributed by atoms with Gasteiger partial charge in [-0.25, -0.2) is 0 Å². The van der Waals surface area contributed by atoms with Crippen LogP contribution in [0.2, 0.25) is 0 Å². The summed E-state index contributed by atoms with van der Waals surface area (Å²) in [5.41, 5.74) is 2.49. The lowest BCUT2D eigenvalue weighted by atomic mass is 10.2. The minimum atomic E-state index is -0.249. The van der Waals surface area contributed by atoms with Crippen molar-refractivity contribution < 1.29 is 0 Å². The Kier molecular flexibility index (Phi) is 0.829. The average molecular weight is 158 g/mol. The van der Waals surface area contributed by atoms with Gasteiger partial charge in [0, 0.05) is 23.3 Å². The molecule has 0 aromatic heterocycles. The number of fused-ring (bicyclic) bond motifs is 2. The Balaban J connectivity index is 2.32. The van der Waals surface area contributed by atoms with E-state index >= 15 is 0 Å². The highest BCUT2D eigenvalue weighted by Crippen LogP contribution is 2.30. The summed E-state index contributed by atoms with van der Waals surface area (Å²) in [4.78, 5) is 8.61. The second-order valence-corrected chi connectivity index (χ2v) is 4.59. The molecule has 0 aliphatic carbocycles. The van der Waals surface area contributed by atoms with Crippen molar-refractivity contribution >= 4 is 21.1 Å². The number of allylic oxidation sites excluding steroid dienone is 4. The quantitative estimate of drug-likeness (QED) is 0.453. The van der Waals surface area contributed by atoms with E-state index in [4.69, 9.17) is 0 Å². The van der Waals surface area contributed by atoms with Crippen molar-refractivity contribution in [2.45, 2.75) is 0 Å². The molecule has 3 heterocycles. The highest BCUT2D eigenvalue weighted by molar-refractivity contribution is 6.87. The van der Waals surface area contributed by atoms with Gasteiger partial charge in [0.15, 0.2) is 0 Å². The molecule has 52 valence electrons. The molecule has 0 aromatic rings. The van der Waals surface area contributed by atoms with E-state index in [1.165, 1.54) is 21.8 Å². The van der Waals surface area contributed by atoms with Gasteiger partial charge in [-0.3, -0.25) is 9.98 Å². The van der Waals surface area contributed by atoms with Gasteiger partial charge in [0.2, 0.25) is 0 Å². The van der Waals surface area contributed by atoms with Gasteiger partial charge in [-0.15, -0.1) is 0 Å². The summed E-state index contributed by atoms with van der Waals surface area (Å²) >= 11 is 0. The molecule has 0 unspecified atom stereocenters. The maximum atomic E-state index is 4.31. The van der Waals surface area contributed by atoms with Crippen LogP contribution in [0.15, 0.2) is 44.8 Å². The predicted octanol–water partition coefficient (Wildman–Crippen LogP) is 0.317. The molecule has 0 atom stereocenters. The van der Waals surface area contributed by atoms with E-state index in [2.05, 4.69) is 22.1 Å². The Bertz CT molecular complexity index is 347. The fraction of sp³-hybridized carbons (Fsp3) is 0. The molecule has 0 spiro atoms. The number of aliphatic imine (C=N–C) groups is 2. The first kappa shape index (κ1) is 5.43. The average Bonchev–Trinajstić information content (AvgIpc) is 2.52. The Morgan fingerprint density at radius 1 is 1.36 bits per heavy atom. The van der Waals surface area contributed by atoms with Crippen LogP contribution in [-0.2, 0) is 0 Å². The normalized spacial score (nSPS) is 26.2. The summed E-state index contributed by atoms with van der Waals surface area (Å²) < 4.78 is 0. The van der Waals surface area contributed by atoms with Crippen LogP contribution in [0.1, 0.15) is 0 Å². The van der Waals surface area contributed by atoms with Gasteiger partial charge in [-0.05, 0) is 17.3 Å². The van der Waals surface area contributed by atoms with Gasteiger partial charge in [0.1, 0.15) is 9.52 Å². The molecule has 0 saturated heterocycles. The van der Waals surface area contributed by atoms with Crippen molar-refractivity contribution in [3.63, 3.8) is 0 Å². The Labute approximate surface area is 66.6 Å². The molecule has 0 N–H and O–H groups in total. The van der Waals surface area contributed by atoms with Crippen molar-refractivity contribution in [3.8, 4) is 0 Å². The van der Waals surface area contributed by atoms with Crippen LogP contribution in [0, 0.1) is 0 Å². The smallest absolute Gasteiger partial charge is 0.115 e. The molecule has 11 heavy (non-hydrogen) atoms. The highest BCUT2D eigenvalue weighted by Gasteiger charge is 2.27. The summed E-state index contributed by atoms with van der Waals surface area (Å²) in [6.45, 7) is 0. The van der Waals surface area contributed by atoms with Crippen molar-refractivity contribution in [2.75, 3.05) is 0 Å². The molecule has 0 fully saturated rings. The van der Waals surface area contributed by atoms with Crippen molar-refractivity contribution in [2.24, 2.45) is 9.98 Å². The minimum Gasteiger partial charge on any atom is -0.266 e. The van der Waals surface area contributed by atoms with Crippen molar-refractivity contribution in [1.29, 1.82) is 0 Å². The van der Waals surface area contributed by atoms with Crippen LogP contribution in [0.5, 0.6) is 0 Å². The van der Waals surface area contributed by atoms with Gasteiger partial charge >= 0.3 is 0 Å². The summed E-state index contributed by atoms with van der Waals surface area (Å²) in [7, 11) is -0.249. The summed E-state index contributed by atoms with van der Waals surface area (Å²) in [6.07, 6.45) is 7.98. The van der Waals surface area contributed by atoms with E-state index in [-0.39, 0.29) is 9.52 Å². The molecular weight excluding hydrogens is 152 g/mol. The SMILES string of the molecule is C1=CC2=C3N=CC=C3[SiH2]C2=N1. The van der Waals surface area contributed by atoms with E-state index < -0.39 is 0 Å². The Morgan fingerprint density at radius 3 is 3.36 bits per heavy atom. The molecule has 3 rings (SSSR count). The van der Waals surface area contributed by atoms with Gasteiger partial charge < -0.3 is 0 Å². The molecule has 3 aliphatic rings. The first-order chi connectivity index (χ1) is 5.45. The molecular formula is C8H6N2Si. The topological polar surface area (TPSA) is 24.7 Å². The van der Waals surface area contributed by atoms with Crippen LogP contribution < -0.4 is 0 Å². The highest BCUT2D eigenvalue weighted by atomic mass is 28.2. The van der Waals surface area contributed by atoms with Crippen LogP contribution in [-0.4, -0.2) is 21.1 Å². The van der Waals surface area contributed by atoms with E-state index in [1.54, 1.807) is 0 Å². The lowest BCUT2D eigenvalue weighted by Gasteiger charge is -1.89. The lowest BCUT2D eigenvalue weighted by molar-refractivity contribution is 1.43. The largest absolute Gasteiger partial charge is 0.266 e. The molecule has 0 amide bonds. The molecule has 3 aliphatic heterocycles. The molecule has 0 saturated carbocycles. The lowest BCUT2D eigenvalue weighted by Crippen LogP contribution is -2.02. The van der Waals surface area contributed by atoms with Crippen LogP contribution in [0.25, 0.3) is 0 Å². The third-order valence-electron chi connectivity index (χ3n) is 2.18. The van der Waals surface area contributed by atoms with Crippen LogP contribution in [0.3, 0.4) is 0 Å². The van der Waals surface area contributed by atoms with E-state index in [0.717, 1.165) is 0 Å². The zero-order chi connectivity index (χ0) is 7.26. The van der Waals surface area contributed by atoms with Crippen LogP contribution >= 0.6 is 0 Å². The molecule has 3 heteroatoms. The van der Waals surface area contributed by atoms with Crippen LogP contribution in [0.4, 0.5) is 0 Å². The van der Waals surface area contributed by atoms with E-state index in [0.29, 0.717) is 0 Å². The van der Waals surface area contributed by atoms with E-state index in [1.807, 2.05) is 12.4 Å². The minimum absolute atomic E-state index is 0.249. The monoisotopic (exact) mass is 158 g/mol. The number of hydrogen-bond donors (Lipinski definition) is 0. The fourth-order valence-corrected chi connectivity index (χ4v) is 3.36. The molecule has 2 nitrogen and oxygen atoms in total. The zero-order valence-corrected chi connectivity index (χ0v) is 7.33. The van der Waals surface area contributed by atoms with Gasteiger partial charge in [-0.2, -0.15) is 0 Å². The van der Waals surface area contributed by atoms with E-state index in [9.17, 15) is 0 Å². The predicted molar refractivity (Wildman–Crippen MR) is 48.7 cm³/mol. The third-order valence-corrected chi connectivity index (χ3v) is 4.03. The van der Waals surface area contributed by atoms with Gasteiger partial charge in [-0.1, -0.05) is 0 Å².